The van der Waals surface area contributed by atoms with Crippen LogP contribution in [0.5, 0.6) is 0 Å². The average Bonchev–Trinajstić information content (AvgIpc) is 3.01. The van der Waals surface area contributed by atoms with Crippen LogP contribution in [0.15, 0.2) is 77.7 Å². The van der Waals surface area contributed by atoms with Gasteiger partial charge in [0.05, 0.1) is 23.1 Å². The third-order valence-corrected chi connectivity index (χ3v) is 11.3. The first-order valence-electron chi connectivity index (χ1n) is 16.0. The summed E-state index contributed by atoms with van der Waals surface area (Å²) < 4.78 is 64.0. The number of halogens is 2. The molecule has 3 aromatic rings. The van der Waals surface area contributed by atoms with Gasteiger partial charge in [-0.05, 0) is 94.3 Å². The van der Waals surface area contributed by atoms with E-state index in [2.05, 4.69) is 10.6 Å². The van der Waals surface area contributed by atoms with Crippen molar-refractivity contribution in [1.29, 1.82) is 0 Å². The molecule has 0 bridgehead atoms. The van der Waals surface area contributed by atoms with Gasteiger partial charge < -0.3 is 21.1 Å². The van der Waals surface area contributed by atoms with Crippen molar-refractivity contribution in [3.8, 4) is 0 Å². The Kier molecular flexibility index (Phi) is 10.9. The Morgan fingerprint density at radius 1 is 0.978 bits per heavy atom. The number of amides is 1. The zero-order valence-electron chi connectivity index (χ0n) is 26.5. The number of nitrogens with one attached hydrogen (secondary N) is 2. The quantitative estimate of drug-likeness (QED) is 0.277. The van der Waals surface area contributed by atoms with E-state index in [4.69, 9.17) is 10.5 Å². The molecule has 7 atom stereocenters. The normalized spacial score (nSPS) is 25.5. The smallest absolute Gasteiger partial charge is 0.243 e. The number of rotatable bonds is 10. The molecule has 0 spiro atoms. The predicted molar refractivity (Wildman–Crippen MR) is 175 cm³/mol. The van der Waals surface area contributed by atoms with Crippen LogP contribution in [0, 0.1) is 17.6 Å². The number of piperazine rings is 1. The van der Waals surface area contributed by atoms with Crippen molar-refractivity contribution in [3.63, 3.8) is 0 Å². The minimum absolute atomic E-state index is 0.00952. The van der Waals surface area contributed by atoms with E-state index in [1.807, 2.05) is 20.8 Å². The summed E-state index contributed by atoms with van der Waals surface area (Å²) in [4.78, 5) is 14.0. The van der Waals surface area contributed by atoms with Crippen LogP contribution >= 0.6 is 0 Å². The molecule has 46 heavy (non-hydrogen) atoms. The van der Waals surface area contributed by atoms with E-state index >= 15 is 4.39 Å². The monoisotopic (exact) mass is 654 g/mol. The lowest BCUT2D eigenvalue weighted by atomic mass is 9.74. The van der Waals surface area contributed by atoms with Crippen molar-refractivity contribution in [2.24, 2.45) is 11.7 Å². The zero-order valence-corrected chi connectivity index (χ0v) is 27.4. The lowest BCUT2D eigenvalue weighted by Gasteiger charge is -2.40. The van der Waals surface area contributed by atoms with Crippen LogP contribution in [-0.4, -0.2) is 62.1 Å². The Balaban J connectivity index is 1.36. The molecule has 2 aliphatic heterocycles. The van der Waals surface area contributed by atoms with Crippen LogP contribution in [0.2, 0.25) is 0 Å². The van der Waals surface area contributed by atoms with Crippen LogP contribution in [0.3, 0.4) is 0 Å². The summed E-state index contributed by atoms with van der Waals surface area (Å²) in [6.45, 7) is 6.75. The number of carbonyl (C=O) groups excluding carboxylic acids is 1. The second kappa shape index (κ2) is 14.7. The lowest BCUT2D eigenvalue weighted by molar-refractivity contribution is -0.119. The van der Waals surface area contributed by atoms with Gasteiger partial charge in [-0.2, -0.15) is 4.31 Å². The fraction of sp³-hybridized carbons (Fsp3) is 0.457. The third-order valence-electron chi connectivity index (χ3n) is 9.22. The van der Waals surface area contributed by atoms with E-state index in [1.165, 1.54) is 28.6 Å². The van der Waals surface area contributed by atoms with Crippen molar-refractivity contribution in [2.75, 3.05) is 18.4 Å². The topological polar surface area (TPSA) is 114 Å². The van der Waals surface area contributed by atoms with E-state index in [1.54, 1.807) is 48.5 Å². The molecule has 3 aromatic carbocycles. The molecule has 11 heteroatoms. The minimum Gasteiger partial charge on any atom is -0.376 e. The Bertz CT molecular complexity index is 1580. The molecule has 8 nitrogen and oxygen atoms in total. The molecule has 248 valence electrons. The molecule has 4 N–H and O–H groups in total. The molecule has 2 aliphatic rings. The summed E-state index contributed by atoms with van der Waals surface area (Å²) in [7, 11) is -3.79. The standard InChI is InChI=1S/C35H44F2N4O4S/c1-22-20-39-21-28(41(22)46(43,44)29-8-5-4-6-9-29)16-17-30-31(37)10-7-11-32(30)40-35(42)34(38)33(25-12-14-27(36)15-13-25)26-18-23(2)45-24(3)19-26/h4-15,22-24,26,28,33-34,39H,16-21,38H2,1-3H3,(H,40,42)/t22-,23-,24+,26+,28+,33+,34+/m1/s1. The molecule has 0 saturated carbocycles. The molecule has 2 fully saturated rings. The molecule has 2 heterocycles. The van der Waals surface area contributed by atoms with Gasteiger partial charge in [-0.25, -0.2) is 17.2 Å². The van der Waals surface area contributed by atoms with Gasteiger partial charge in [0.1, 0.15) is 11.6 Å². The minimum atomic E-state index is -3.79. The fourth-order valence-corrected chi connectivity index (χ4v) is 9.07. The number of benzene rings is 3. The van der Waals surface area contributed by atoms with Crippen molar-refractivity contribution in [2.45, 2.75) is 87.6 Å². The number of carbonyl (C=O) groups is 1. The predicted octanol–water partition coefficient (Wildman–Crippen LogP) is 5.20. The number of sulfonamides is 1. The summed E-state index contributed by atoms with van der Waals surface area (Å²) in [5.41, 5.74) is 8.03. The largest absolute Gasteiger partial charge is 0.376 e. The Morgan fingerprint density at radius 3 is 2.33 bits per heavy atom. The number of ether oxygens (including phenoxy) is 1. The molecule has 5 rings (SSSR count). The van der Waals surface area contributed by atoms with Gasteiger partial charge in [-0.1, -0.05) is 36.4 Å². The van der Waals surface area contributed by atoms with E-state index in [9.17, 15) is 17.6 Å². The maximum Gasteiger partial charge on any atom is 0.243 e. The van der Waals surface area contributed by atoms with E-state index < -0.39 is 39.7 Å². The van der Waals surface area contributed by atoms with Crippen LogP contribution in [0.1, 0.15) is 57.1 Å². The molecule has 2 saturated heterocycles. The van der Waals surface area contributed by atoms with Gasteiger partial charge in [0.25, 0.3) is 0 Å². The summed E-state index contributed by atoms with van der Waals surface area (Å²) in [5.74, 6) is -1.76. The second-order valence-electron chi connectivity index (χ2n) is 12.7. The number of hydrogen-bond acceptors (Lipinski definition) is 6. The SMILES string of the molecule is C[C@@H]1C[C@H]([C@H](c2ccc(F)cc2)[C@H](N)C(=O)Nc2cccc(F)c2CC[C@H]2CNC[C@@H](C)N2S(=O)(=O)c2ccccc2)C[C@H](C)O1. The van der Waals surface area contributed by atoms with Crippen molar-refractivity contribution in [1.82, 2.24) is 9.62 Å². The molecule has 0 aliphatic carbocycles. The average molecular weight is 655 g/mol. The van der Waals surface area contributed by atoms with E-state index in [0.29, 0.717) is 38.0 Å². The van der Waals surface area contributed by atoms with Gasteiger partial charge in [-0.3, -0.25) is 4.79 Å². The summed E-state index contributed by atoms with van der Waals surface area (Å²) in [5, 5.41) is 6.18. The maximum atomic E-state index is 15.4. The molecule has 0 unspecified atom stereocenters. The molecule has 0 radical (unpaired) electrons. The number of hydrogen-bond donors (Lipinski definition) is 3. The Labute approximate surface area is 270 Å². The van der Waals surface area contributed by atoms with Gasteiger partial charge >= 0.3 is 0 Å². The first kappa shape index (κ1) is 34.1. The zero-order chi connectivity index (χ0) is 33.0. The number of nitrogens with zero attached hydrogens (tertiary/aromatic N) is 1. The highest BCUT2D eigenvalue weighted by Gasteiger charge is 2.39. The van der Waals surface area contributed by atoms with Crippen molar-refractivity contribution < 1.29 is 26.7 Å². The highest BCUT2D eigenvalue weighted by molar-refractivity contribution is 7.89. The number of nitrogens with two attached hydrogens (primary N) is 1. The lowest BCUT2D eigenvalue weighted by Crippen LogP contribution is -2.58. The van der Waals surface area contributed by atoms with Gasteiger partial charge in [0, 0.05) is 42.3 Å². The fourth-order valence-electron chi connectivity index (χ4n) is 7.20. The van der Waals surface area contributed by atoms with Crippen LogP contribution in [-0.2, 0) is 26.0 Å². The van der Waals surface area contributed by atoms with Gasteiger partial charge in [-0.15, -0.1) is 0 Å². The molecule has 1 amide bonds. The van der Waals surface area contributed by atoms with Crippen molar-refractivity contribution in [3.05, 3.63) is 95.6 Å². The Hall–Kier alpha value is -3.22. The first-order chi connectivity index (χ1) is 22.0. The van der Waals surface area contributed by atoms with E-state index in [0.717, 1.165) is 5.56 Å². The highest BCUT2D eigenvalue weighted by Crippen LogP contribution is 2.39. The summed E-state index contributed by atoms with van der Waals surface area (Å²) in [6, 6.07) is 17.1. The van der Waals surface area contributed by atoms with E-state index in [-0.39, 0.29) is 46.9 Å². The third kappa shape index (κ3) is 7.66. The van der Waals surface area contributed by atoms with Gasteiger partial charge in [0.2, 0.25) is 15.9 Å². The molecule has 0 aromatic heterocycles. The second-order valence-corrected chi connectivity index (χ2v) is 14.5. The maximum absolute atomic E-state index is 15.4. The molecular weight excluding hydrogens is 610 g/mol. The summed E-state index contributed by atoms with van der Waals surface area (Å²) >= 11 is 0. The highest BCUT2D eigenvalue weighted by atomic mass is 32.2. The van der Waals surface area contributed by atoms with Crippen LogP contribution in [0.4, 0.5) is 14.5 Å². The summed E-state index contributed by atoms with van der Waals surface area (Å²) in [6.07, 6.45) is 1.85. The van der Waals surface area contributed by atoms with Gasteiger partial charge in [0.15, 0.2) is 0 Å². The van der Waals surface area contributed by atoms with Crippen molar-refractivity contribution >= 4 is 21.6 Å². The van der Waals surface area contributed by atoms with Crippen LogP contribution in [0.25, 0.3) is 0 Å². The first-order valence-corrected chi connectivity index (χ1v) is 17.4. The molecular formula is C35H44F2N4O4S. The van der Waals surface area contributed by atoms with Crippen LogP contribution < -0.4 is 16.4 Å². The Morgan fingerprint density at radius 2 is 1.65 bits per heavy atom. The number of anilines is 1.